The predicted octanol–water partition coefficient (Wildman–Crippen LogP) is 4.08. The van der Waals surface area contributed by atoms with E-state index in [1.807, 2.05) is 24.3 Å². The number of nitrogens with one attached hydrogen (secondary N) is 1. The maximum absolute atomic E-state index is 13.0. The molecule has 1 aliphatic heterocycles. The Hall–Kier alpha value is -3.12. The highest BCUT2D eigenvalue weighted by molar-refractivity contribution is 7.92. The van der Waals surface area contributed by atoms with Crippen molar-refractivity contribution in [2.75, 3.05) is 16.2 Å². The van der Waals surface area contributed by atoms with Crippen LogP contribution in [-0.4, -0.2) is 20.9 Å². The van der Waals surface area contributed by atoms with Crippen molar-refractivity contribution in [1.29, 1.82) is 0 Å². The van der Waals surface area contributed by atoms with Gasteiger partial charge in [-0.1, -0.05) is 42.5 Å². The zero-order valence-electron chi connectivity index (χ0n) is 15.2. The largest absolute Gasteiger partial charge is 0.308 e. The summed E-state index contributed by atoms with van der Waals surface area (Å²) in [6.45, 7) is 0.607. The fourth-order valence-corrected chi connectivity index (χ4v) is 4.47. The second-order valence-electron chi connectivity index (χ2n) is 6.69. The number of hydrogen-bond acceptors (Lipinski definition) is 3. The Morgan fingerprint density at radius 1 is 0.893 bits per heavy atom. The molecule has 1 amide bonds. The summed E-state index contributed by atoms with van der Waals surface area (Å²) in [4.78, 5) is 14.9. The van der Waals surface area contributed by atoms with Crippen LogP contribution in [0.3, 0.4) is 0 Å². The monoisotopic (exact) mass is 392 g/mol. The molecule has 6 heteroatoms. The molecule has 5 nitrogen and oxygen atoms in total. The van der Waals surface area contributed by atoms with Crippen molar-refractivity contribution >= 4 is 27.3 Å². The van der Waals surface area contributed by atoms with Gasteiger partial charge in [0.1, 0.15) is 0 Å². The summed E-state index contributed by atoms with van der Waals surface area (Å²) in [7, 11) is -3.68. The van der Waals surface area contributed by atoms with E-state index in [2.05, 4.69) is 4.72 Å². The Morgan fingerprint density at radius 3 is 2.29 bits per heavy atom. The fraction of sp³-hybridized carbons (Fsp3) is 0.136. The molecule has 3 aromatic rings. The van der Waals surface area contributed by atoms with Crippen molar-refractivity contribution in [2.45, 2.75) is 17.7 Å². The van der Waals surface area contributed by atoms with Gasteiger partial charge in [-0.15, -0.1) is 0 Å². The van der Waals surface area contributed by atoms with Gasteiger partial charge in [0.2, 0.25) is 0 Å². The van der Waals surface area contributed by atoms with Crippen LogP contribution in [0.25, 0.3) is 0 Å². The lowest BCUT2D eigenvalue weighted by Gasteiger charge is -2.30. The highest BCUT2D eigenvalue weighted by atomic mass is 32.2. The molecule has 0 aromatic heterocycles. The normalized spacial score (nSPS) is 13.6. The molecule has 0 saturated heterocycles. The zero-order chi connectivity index (χ0) is 19.6. The number of sulfonamides is 1. The van der Waals surface area contributed by atoms with Gasteiger partial charge < -0.3 is 4.90 Å². The lowest BCUT2D eigenvalue weighted by atomic mass is 10.00. The SMILES string of the molecule is O=C(c1ccccc1)N1CCCc2ccc(NS(=O)(=O)c3ccccc3)cc21. The summed E-state index contributed by atoms with van der Waals surface area (Å²) < 4.78 is 27.8. The second-order valence-corrected chi connectivity index (χ2v) is 8.37. The summed E-state index contributed by atoms with van der Waals surface area (Å²) in [6.07, 6.45) is 1.74. The molecule has 0 saturated carbocycles. The quantitative estimate of drug-likeness (QED) is 0.727. The molecule has 1 heterocycles. The van der Waals surface area contributed by atoms with E-state index < -0.39 is 10.0 Å². The topological polar surface area (TPSA) is 66.5 Å². The molecule has 0 radical (unpaired) electrons. The van der Waals surface area contributed by atoms with Crippen molar-refractivity contribution in [2.24, 2.45) is 0 Å². The Kier molecular flexibility index (Phi) is 4.88. The zero-order valence-corrected chi connectivity index (χ0v) is 16.0. The third-order valence-electron chi connectivity index (χ3n) is 4.78. The van der Waals surface area contributed by atoms with Gasteiger partial charge in [-0.25, -0.2) is 8.42 Å². The van der Waals surface area contributed by atoms with Crippen LogP contribution < -0.4 is 9.62 Å². The number of benzene rings is 3. The van der Waals surface area contributed by atoms with Gasteiger partial charge in [0.15, 0.2) is 0 Å². The van der Waals surface area contributed by atoms with Crippen LogP contribution >= 0.6 is 0 Å². The number of carbonyl (C=O) groups is 1. The summed E-state index contributed by atoms with van der Waals surface area (Å²) in [6, 6.07) is 22.7. The highest BCUT2D eigenvalue weighted by Crippen LogP contribution is 2.32. The first-order valence-corrected chi connectivity index (χ1v) is 10.6. The maximum Gasteiger partial charge on any atom is 0.261 e. The molecule has 0 fully saturated rings. The lowest BCUT2D eigenvalue weighted by molar-refractivity contribution is 0.0985. The van der Waals surface area contributed by atoms with Crippen molar-refractivity contribution in [3.05, 3.63) is 90.0 Å². The molecular weight excluding hydrogens is 372 g/mol. The van der Waals surface area contributed by atoms with Crippen LogP contribution in [0, 0.1) is 0 Å². The Balaban J connectivity index is 1.66. The molecule has 0 bridgehead atoms. The van der Waals surface area contributed by atoms with E-state index in [4.69, 9.17) is 0 Å². The standard InChI is InChI=1S/C22H20N2O3S/c25-22(18-8-3-1-4-9-18)24-15-7-10-17-13-14-19(16-21(17)24)23-28(26,27)20-11-5-2-6-12-20/h1-6,8-9,11-14,16,23H,7,10,15H2. The minimum absolute atomic E-state index is 0.0791. The minimum atomic E-state index is -3.68. The van der Waals surface area contributed by atoms with Crippen LogP contribution in [0.1, 0.15) is 22.3 Å². The van der Waals surface area contributed by atoms with Gasteiger partial charge in [0, 0.05) is 17.8 Å². The van der Waals surface area contributed by atoms with Crippen LogP contribution in [0.2, 0.25) is 0 Å². The van der Waals surface area contributed by atoms with E-state index in [0.29, 0.717) is 17.8 Å². The third-order valence-corrected chi connectivity index (χ3v) is 6.17. The number of hydrogen-bond donors (Lipinski definition) is 1. The van der Waals surface area contributed by atoms with E-state index in [0.717, 1.165) is 24.1 Å². The number of fused-ring (bicyclic) bond motifs is 1. The summed E-state index contributed by atoms with van der Waals surface area (Å²) in [5, 5.41) is 0. The molecule has 142 valence electrons. The lowest BCUT2D eigenvalue weighted by Crippen LogP contribution is -2.35. The first-order chi connectivity index (χ1) is 13.5. The number of rotatable bonds is 4. The van der Waals surface area contributed by atoms with E-state index in [-0.39, 0.29) is 10.8 Å². The number of aryl methyl sites for hydroxylation is 1. The first-order valence-electron chi connectivity index (χ1n) is 9.12. The smallest absolute Gasteiger partial charge is 0.261 e. The Bertz CT molecular complexity index is 1100. The average molecular weight is 392 g/mol. The Labute approximate surface area is 164 Å². The van der Waals surface area contributed by atoms with Crippen molar-refractivity contribution in [3.63, 3.8) is 0 Å². The van der Waals surface area contributed by atoms with Crippen LogP contribution in [0.4, 0.5) is 11.4 Å². The second kappa shape index (κ2) is 7.48. The molecule has 0 spiro atoms. The molecular formula is C22H20N2O3S. The number of nitrogens with zero attached hydrogens (tertiary/aromatic N) is 1. The van der Waals surface area contributed by atoms with E-state index in [1.54, 1.807) is 59.5 Å². The fourth-order valence-electron chi connectivity index (χ4n) is 3.40. The molecule has 0 unspecified atom stereocenters. The molecule has 3 aromatic carbocycles. The first kappa shape index (κ1) is 18.3. The molecule has 1 aliphatic rings. The number of carbonyl (C=O) groups excluding carboxylic acids is 1. The van der Waals surface area contributed by atoms with Gasteiger partial charge in [-0.05, 0) is 54.8 Å². The number of amides is 1. The van der Waals surface area contributed by atoms with Gasteiger partial charge in [-0.3, -0.25) is 9.52 Å². The summed E-state index contributed by atoms with van der Waals surface area (Å²) in [5.41, 5.74) is 2.85. The number of anilines is 2. The van der Waals surface area contributed by atoms with Crippen LogP contribution in [0.15, 0.2) is 83.8 Å². The average Bonchev–Trinajstić information content (AvgIpc) is 2.74. The minimum Gasteiger partial charge on any atom is -0.308 e. The highest BCUT2D eigenvalue weighted by Gasteiger charge is 2.24. The van der Waals surface area contributed by atoms with Gasteiger partial charge in [0.25, 0.3) is 15.9 Å². The van der Waals surface area contributed by atoms with Crippen LogP contribution in [0.5, 0.6) is 0 Å². The van der Waals surface area contributed by atoms with Gasteiger partial charge in [0.05, 0.1) is 10.6 Å². The van der Waals surface area contributed by atoms with Crippen molar-refractivity contribution in [3.8, 4) is 0 Å². The molecule has 28 heavy (non-hydrogen) atoms. The van der Waals surface area contributed by atoms with E-state index >= 15 is 0 Å². The molecule has 4 rings (SSSR count). The predicted molar refractivity (Wildman–Crippen MR) is 110 cm³/mol. The summed E-state index contributed by atoms with van der Waals surface area (Å²) >= 11 is 0. The molecule has 0 aliphatic carbocycles. The van der Waals surface area contributed by atoms with Gasteiger partial charge >= 0.3 is 0 Å². The van der Waals surface area contributed by atoms with Crippen molar-refractivity contribution in [1.82, 2.24) is 0 Å². The van der Waals surface area contributed by atoms with Crippen molar-refractivity contribution < 1.29 is 13.2 Å². The van der Waals surface area contributed by atoms with Gasteiger partial charge in [-0.2, -0.15) is 0 Å². The summed E-state index contributed by atoms with van der Waals surface area (Å²) in [5.74, 6) is -0.0791. The van der Waals surface area contributed by atoms with Crippen LogP contribution in [-0.2, 0) is 16.4 Å². The molecule has 1 N–H and O–H groups in total. The third kappa shape index (κ3) is 3.64. The molecule has 0 atom stereocenters. The van der Waals surface area contributed by atoms with E-state index in [1.165, 1.54) is 0 Å². The van der Waals surface area contributed by atoms with E-state index in [9.17, 15) is 13.2 Å². The Morgan fingerprint density at radius 2 is 1.57 bits per heavy atom. The maximum atomic E-state index is 13.0.